The van der Waals surface area contributed by atoms with Gasteiger partial charge in [-0.25, -0.2) is 4.39 Å². The smallest absolute Gasteiger partial charge is 0.222 e. The number of aryl methyl sites for hydroxylation is 1. The second kappa shape index (κ2) is 5.63. The molecule has 0 unspecified atom stereocenters. The molecule has 1 aliphatic heterocycles. The molecule has 1 aromatic heterocycles. The SMILES string of the molecule is O=C(CCc1c[nH]c2c(F)cccc12)N1CCNCC1. The summed E-state index contributed by atoms with van der Waals surface area (Å²) in [5.74, 6) is -0.0700. The highest BCUT2D eigenvalue weighted by molar-refractivity contribution is 5.84. The van der Waals surface area contributed by atoms with Crippen LogP contribution in [0, 0.1) is 5.82 Å². The summed E-state index contributed by atoms with van der Waals surface area (Å²) < 4.78 is 13.6. The molecule has 1 aliphatic rings. The predicted octanol–water partition coefficient (Wildman–Crippen LogP) is 1.67. The molecule has 0 aliphatic carbocycles. The van der Waals surface area contributed by atoms with Crippen molar-refractivity contribution in [2.45, 2.75) is 12.8 Å². The van der Waals surface area contributed by atoms with Gasteiger partial charge in [-0.1, -0.05) is 12.1 Å². The number of hydrogen-bond donors (Lipinski definition) is 2. The van der Waals surface area contributed by atoms with Crippen LogP contribution in [-0.4, -0.2) is 42.0 Å². The number of para-hydroxylation sites is 1. The van der Waals surface area contributed by atoms with E-state index in [1.807, 2.05) is 11.0 Å². The summed E-state index contributed by atoms with van der Waals surface area (Å²) in [6.45, 7) is 3.29. The first-order valence-electron chi connectivity index (χ1n) is 6.98. The quantitative estimate of drug-likeness (QED) is 0.895. The van der Waals surface area contributed by atoms with E-state index in [0.29, 0.717) is 18.4 Å². The number of amides is 1. The van der Waals surface area contributed by atoms with Crippen molar-refractivity contribution >= 4 is 16.8 Å². The number of nitrogens with one attached hydrogen (secondary N) is 2. The molecule has 1 saturated heterocycles. The van der Waals surface area contributed by atoms with Crippen LogP contribution in [-0.2, 0) is 11.2 Å². The molecule has 2 N–H and O–H groups in total. The van der Waals surface area contributed by atoms with Crippen molar-refractivity contribution in [3.63, 3.8) is 0 Å². The zero-order chi connectivity index (χ0) is 13.9. The number of benzene rings is 1. The van der Waals surface area contributed by atoms with Gasteiger partial charge in [0.1, 0.15) is 5.82 Å². The highest BCUT2D eigenvalue weighted by atomic mass is 19.1. The molecule has 106 valence electrons. The van der Waals surface area contributed by atoms with Crippen molar-refractivity contribution in [3.8, 4) is 0 Å². The molecule has 5 heteroatoms. The first-order valence-corrected chi connectivity index (χ1v) is 6.98. The number of carbonyl (C=O) groups excluding carboxylic acids is 1. The van der Waals surface area contributed by atoms with Crippen LogP contribution in [0.4, 0.5) is 4.39 Å². The highest BCUT2D eigenvalue weighted by Gasteiger charge is 2.16. The number of nitrogens with zero attached hydrogens (tertiary/aromatic N) is 1. The number of aromatic nitrogens is 1. The van der Waals surface area contributed by atoms with E-state index < -0.39 is 0 Å². The second-order valence-corrected chi connectivity index (χ2v) is 5.11. The van der Waals surface area contributed by atoms with Crippen LogP contribution in [0.2, 0.25) is 0 Å². The van der Waals surface area contributed by atoms with E-state index >= 15 is 0 Å². The third-order valence-electron chi connectivity index (χ3n) is 3.83. The maximum Gasteiger partial charge on any atom is 0.222 e. The lowest BCUT2D eigenvalue weighted by atomic mass is 10.1. The molecule has 20 heavy (non-hydrogen) atoms. The Labute approximate surface area is 117 Å². The Morgan fingerprint density at radius 1 is 1.30 bits per heavy atom. The van der Waals surface area contributed by atoms with Crippen LogP contribution < -0.4 is 5.32 Å². The summed E-state index contributed by atoms with van der Waals surface area (Å²) in [6, 6.07) is 5.03. The first-order chi connectivity index (χ1) is 9.75. The number of aromatic amines is 1. The third-order valence-corrected chi connectivity index (χ3v) is 3.83. The van der Waals surface area contributed by atoms with Gasteiger partial charge in [0.2, 0.25) is 5.91 Å². The fourth-order valence-electron chi connectivity index (χ4n) is 2.70. The van der Waals surface area contributed by atoms with E-state index in [-0.39, 0.29) is 11.7 Å². The zero-order valence-electron chi connectivity index (χ0n) is 11.3. The number of H-pyrrole nitrogens is 1. The van der Waals surface area contributed by atoms with Gasteiger partial charge in [-0.05, 0) is 18.1 Å². The van der Waals surface area contributed by atoms with E-state index in [1.165, 1.54) is 6.07 Å². The summed E-state index contributed by atoms with van der Waals surface area (Å²) in [7, 11) is 0. The van der Waals surface area contributed by atoms with Gasteiger partial charge in [-0.15, -0.1) is 0 Å². The Morgan fingerprint density at radius 2 is 2.10 bits per heavy atom. The summed E-state index contributed by atoms with van der Waals surface area (Å²) >= 11 is 0. The molecule has 3 rings (SSSR count). The minimum Gasteiger partial charge on any atom is -0.359 e. The lowest BCUT2D eigenvalue weighted by molar-refractivity contribution is -0.131. The molecule has 2 aromatic rings. The number of rotatable bonds is 3. The van der Waals surface area contributed by atoms with Gasteiger partial charge in [0.05, 0.1) is 5.52 Å². The van der Waals surface area contributed by atoms with E-state index in [1.54, 1.807) is 12.3 Å². The van der Waals surface area contributed by atoms with Crippen LogP contribution in [0.3, 0.4) is 0 Å². The van der Waals surface area contributed by atoms with Gasteiger partial charge >= 0.3 is 0 Å². The van der Waals surface area contributed by atoms with Gasteiger partial charge in [0.15, 0.2) is 0 Å². The first kappa shape index (κ1) is 13.1. The van der Waals surface area contributed by atoms with E-state index in [9.17, 15) is 9.18 Å². The summed E-state index contributed by atoms with van der Waals surface area (Å²) in [5, 5.41) is 4.10. The Bertz CT molecular complexity index is 617. The average Bonchev–Trinajstić information content (AvgIpc) is 2.90. The molecular formula is C15H18FN3O. The standard InChI is InChI=1S/C15H18FN3O/c16-13-3-1-2-12-11(10-18-15(12)13)4-5-14(20)19-8-6-17-7-9-19/h1-3,10,17-18H,4-9H2. The predicted molar refractivity (Wildman–Crippen MR) is 76.0 cm³/mol. The van der Waals surface area contributed by atoms with Crippen LogP contribution >= 0.6 is 0 Å². The molecule has 1 fully saturated rings. The second-order valence-electron chi connectivity index (χ2n) is 5.11. The lowest BCUT2D eigenvalue weighted by Gasteiger charge is -2.27. The van der Waals surface area contributed by atoms with Gasteiger partial charge in [-0.3, -0.25) is 4.79 Å². The van der Waals surface area contributed by atoms with Crippen molar-refractivity contribution in [1.29, 1.82) is 0 Å². The number of fused-ring (bicyclic) bond motifs is 1. The lowest BCUT2D eigenvalue weighted by Crippen LogP contribution is -2.46. The van der Waals surface area contributed by atoms with Gasteiger partial charge in [0, 0.05) is 44.2 Å². The van der Waals surface area contributed by atoms with Crippen molar-refractivity contribution < 1.29 is 9.18 Å². The van der Waals surface area contributed by atoms with E-state index in [2.05, 4.69) is 10.3 Å². The monoisotopic (exact) mass is 275 g/mol. The number of piperazine rings is 1. The molecule has 0 bridgehead atoms. The van der Waals surface area contributed by atoms with E-state index in [0.717, 1.165) is 37.1 Å². The van der Waals surface area contributed by atoms with Gasteiger partial charge < -0.3 is 15.2 Å². The Hall–Kier alpha value is -1.88. The van der Waals surface area contributed by atoms with Crippen LogP contribution in [0.5, 0.6) is 0 Å². The Morgan fingerprint density at radius 3 is 2.90 bits per heavy atom. The maximum absolute atomic E-state index is 13.6. The van der Waals surface area contributed by atoms with Crippen molar-refractivity contribution in [2.75, 3.05) is 26.2 Å². The van der Waals surface area contributed by atoms with Crippen molar-refractivity contribution in [3.05, 3.63) is 35.8 Å². The fourth-order valence-corrected chi connectivity index (χ4v) is 2.70. The normalized spacial score (nSPS) is 15.8. The summed E-state index contributed by atoms with van der Waals surface area (Å²) in [6.07, 6.45) is 2.93. The molecule has 0 saturated carbocycles. The number of halogens is 1. The summed E-state index contributed by atoms with van der Waals surface area (Å²) in [5.41, 5.74) is 1.53. The molecule has 0 spiro atoms. The number of carbonyl (C=O) groups is 1. The topological polar surface area (TPSA) is 48.1 Å². The summed E-state index contributed by atoms with van der Waals surface area (Å²) in [4.78, 5) is 17.0. The fraction of sp³-hybridized carbons (Fsp3) is 0.400. The molecule has 1 amide bonds. The molecule has 4 nitrogen and oxygen atoms in total. The third kappa shape index (κ3) is 2.54. The Kier molecular flexibility index (Phi) is 3.69. The zero-order valence-corrected chi connectivity index (χ0v) is 11.3. The molecular weight excluding hydrogens is 257 g/mol. The minimum atomic E-state index is -0.248. The van der Waals surface area contributed by atoms with Crippen LogP contribution in [0.15, 0.2) is 24.4 Å². The van der Waals surface area contributed by atoms with Gasteiger partial charge in [-0.2, -0.15) is 0 Å². The molecule has 1 aromatic carbocycles. The molecule has 0 atom stereocenters. The average molecular weight is 275 g/mol. The highest BCUT2D eigenvalue weighted by Crippen LogP contribution is 2.22. The van der Waals surface area contributed by atoms with Crippen LogP contribution in [0.1, 0.15) is 12.0 Å². The molecule has 2 heterocycles. The van der Waals surface area contributed by atoms with Crippen molar-refractivity contribution in [2.24, 2.45) is 0 Å². The largest absolute Gasteiger partial charge is 0.359 e. The Balaban J connectivity index is 1.67. The maximum atomic E-state index is 13.6. The van der Waals surface area contributed by atoms with E-state index in [4.69, 9.17) is 0 Å². The molecule has 0 radical (unpaired) electrons. The van der Waals surface area contributed by atoms with Crippen molar-refractivity contribution in [1.82, 2.24) is 15.2 Å². The number of hydrogen-bond acceptors (Lipinski definition) is 2. The van der Waals surface area contributed by atoms with Crippen LogP contribution in [0.25, 0.3) is 10.9 Å². The van der Waals surface area contributed by atoms with Gasteiger partial charge in [0.25, 0.3) is 0 Å². The minimum absolute atomic E-state index is 0.178.